The number of carbonyl (C=O) groups excluding carboxylic acids is 2. The Kier molecular flexibility index (Phi) is 4.28. The number of amides is 3. The van der Waals surface area contributed by atoms with Crippen LogP contribution in [0.5, 0.6) is 0 Å². The Morgan fingerprint density at radius 2 is 1.78 bits per heavy atom. The van der Waals surface area contributed by atoms with Gasteiger partial charge in [-0.1, -0.05) is 36.4 Å². The van der Waals surface area contributed by atoms with Crippen LogP contribution in [0, 0.1) is 6.92 Å². The Labute approximate surface area is 135 Å². The van der Waals surface area contributed by atoms with Gasteiger partial charge in [0.05, 0.1) is 0 Å². The van der Waals surface area contributed by atoms with Crippen molar-refractivity contribution in [3.63, 3.8) is 0 Å². The van der Waals surface area contributed by atoms with Gasteiger partial charge in [0.2, 0.25) is 5.91 Å². The van der Waals surface area contributed by atoms with Crippen molar-refractivity contribution in [2.45, 2.75) is 19.4 Å². The number of hydrogen-bond acceptors (Lipinski definition) is 2. The Balaban J connectivity index is 1.62. The van der Waals surface area contributed by atoms with E-state index < -0.39 is 6.04 Å². The van der Waals surface area contributed by atoms with Crippen LogP contribution in [-0.4, -0.2) is 24.5 Å². The molecule has 1 saturated heterocycles. The van der Waals surface area contributed by atoms with Crippen LogP contribution in [0.4, 0.5) is 16.2 Å². The highest BCUT2D eigenvalue weighted by atomic mass is 16.2. The molecule has 3 amide bonds. The van der Waals surface area contributed by atoms with Gasteiger partial charge in [-0.2, -0.15) is 0 Å². The highest BCUT2D eigenvalue weighted by Crippen LogP contribution is 2.21. The molecular weight excluding hydrogens is 290 g/mol. The molecule has 0 saturated carbocycles. The minimum Gasteiger partial charge on any atom is -0.326 e. The monoisotopic (exact) mass is 309 g/mol. The van der Waals surface area contributed by atoms with Gasteiger partial charge in [0.25, 0.3) is 0 Å². The summed E-state index contributed by atoms with van der Waals surface area (Å²) in [7, 11) is 0. The van der Waals surface area contributed by atoms with Crippen LogP contribution < -0.4 is 15.5 Å². The third kappa shape index (κ3) is 3.34. The molecule has 5 heteroatoms. The lowest BCUT2D eigenvalue weighted by Gasteiger charge is -2.17. The number of nitrogens with zero attached hydrogens (tertiary/aromatic N) is 1. The number of rotatable bonds is 3. The molecule has 2 N–H and O–H groups in total. The molecule has 1 fully saturated rings. The number of aryl methyl sites for hydroxylation is 1. The van der Waals surface area contributed by atoms with Gasteiger partial charge in [-0.15, -0.1) is 0 Å². The molecule has 0 bridgehead atoms. The fourth-order valence-corrected chi connectivity index (χ4v) is 2.71. The average molecular weight is 309 g/mol. The number of carbonyl (C=O) groups is 2. The summed E-state index contributed by atoms with van der Waals surface area (Å²) in [4.78, 5) is 26.3. The molecule has 23 heavy (non-hydrogen) atoms. The minimum atomic E-state index is -0.487. The van der Waals surface area contributed by atoms with Crippen molar-refractivity contribution in [2.75, 3.05) is 16.8 Å². The SMILES string of the molecule is Cc1ccccc1NC(=O)N[C@H]1CCN(c2ccccc2)C1=O. The molecule has 0 spiro atoms. The van der Waals surface area contributed by atoms with Gasteiger partial charge in [0.15, 0.2) is 0 Å². The van der Waals surface area contributed by atoms with Gasteiger partial charge >= 0.3 is 6.03 Å². The van der Waals surface area contributed by atoms with Crippen molar-refractivity contribution in [2.24, 2.45) is 0 Å². The van der Waals surface area contributed by atoms with E-state index >= 15 is 0 Å². The van der Waals surface area contributed by atoms with Gasteiger partial charge in [-0.3, -0.25) is 4.79 Å². The molecule has 1 aliphatic rings. The van der Waals surface area contributed by atoms with E-state index in [0.29, 0.717) is 13.0 Å². The third-order valence-corrected chi connectivity index (χ3v) is 3.97. The molecule has 1 atom stereocenters. The van der Waals surface area contributed by atoms with Crippen molar-refractivity contribution in [3.05, 3.63) is 60.2 Å². The van der Waals surface area contributed by atoms with Crippen molar-refractivity contribution in [1.82, 2.24) is 5.32 Å². The molecule has 3 rings (SSSR count). The second-order valence-electron chi connectivity index (χ2n) is 5.58. The highest BCUT2D eigenvalue weighted by Gasteiger charge is 2.33. The summed E-state index contributed by atoms with van der Waals surface area (Å²) in [5, 5.41) is 5.55. The Hall–Kier alpha value is -2.82. The van der Waals surface area contributed by atoms with Crippen LogP contribution in [0.1, 0.15) is 12.0 Å². The topological polar surface area (TPSA) is 61.4 Å². The fourth-order valence-electron chi connectivity index (χ4n) is 2.71. The van der Waals surface area contributed by atoms with E-state index in [-0.39, 0.29) is 11.9 Å². The summed E-state index contributed by atoms with van der Waals surface area (Å²) >= 11 is 0. The molecule has 1 aliphatic heterocycles. The maximum Gasteiger partial charge on any atom is 0.319 e. The normalized spacial score (nSPS) is 17.2. The smallest absolute Gasteiger partial charge is 0.319 e. The van der Waals surface area contributed by atoms with E-state index in [1.54, 1.807) is 4.90 Å². The van der Waals surface area contributed by atoms with Gasteiger partial charge in [0.1, 0.15) is 6.04 Å². The second kappa shape index (κ2) is 6.52. The number of nitrogens with one attached hydrogen (secondary N) is 2. The molecule has 0 unspecified atom stereocenters. The molecule has 0 radical (unpaired) electrons. The van der Waals surface area contributed by atoms with Crippen molar-refractivity contribution in [1.29, 1.82) is 0 Å². The molecule has 1 heterocycles. The lowest BCUT2D eigenvalue weighted by Crippen LogP contribution is -2.43. The minimum absolute atomic E-state index is 0.0730. The third-order valence-electron chi connectivity index (χ3n) is 3.97. The first-order valence-electron chi connectivity index (χ1n) is 7.65. The summed E-state index contributed by atoms with van der Waals surface area (Å²) in [6, 6.07) is 16.2. The van der Waals surface area contributed by atoms with Crippen LogP contribution in [0.15, 0.2) is 54.6 Å². The van der Waals surface area contributed by atoms with E-state index in [4.69, 9.17) is 0 Å². The maximum atomic E-state index is 12.4. The van der Waals surface area contributed by atoms with Crippen LogP contribution in [-0.2, 0) is 4.79 Å². The quantitative estimate of drug-likeness (QED) is 0.916. The second-order valence-corrected chi connectivity index (χ2v) is 5.58. The molecule has 0 aliphatic carbocycles. The Morgan fingerprint density at radius 3 is 2.52 bits per heavy atom. The maximum absolute atomic E-state index is 12.4. The number of urea groups is 1. The lowest BCUT2D eigenvalue weighted by molar-refractivity contribution is -0.118. The first-order chi connectivity index (χ1) is 11.1. The molecule has 2 aromatic rings. The highest BCUT2D eigenvalue weighted by molar-refractivity contribution is 6.02. The van der Waals surface area contributed by atoms with Crippen LogP contribution in [0.25, 0.3) is 0 Å². The van der Waals surface area contributed by atoms with Crippen LogP contribution in [0.2, 0.25) is 0 Å². The molecule has 5 nitrogen and oxygen atoms in total. The number of hydrogen-bond donors (Lipinski definition) is 2. The number of benzene rings is 2. The van der Waals surface area contributed by atoms with Crippen LogP contribution in [0.3, 0.4) is 0 Å². The van der Waals surface area contributed by atoms with E-state index in [1.807, 2.05) is 61.5 Å². The van der Waals surface area contributed by atoms with E-state index in [0.717, 1.165) is 16.9 Å². The number of anilines is 2. The summed E-state index contributed by atoms with van der Waals surface area (Å²) in [6.45, 7) is 2.53. The standard InChI is InChI=1S/C18H19N3O2/c1-13-7-5-6-10-15(13)19-18(23)20-16-11-12-21(17(16)22)14-8-3-2-4-9-14/h2-10,16H,11-12H2,1H3,(H2,19,20,23)/t16-/m0/s1. The van der Waals surface area contributed by atoms with E-state index in [9.17, 15) is 9.59 Å². The summed E-state index contributed by atoms with van der Waals surface area (Å²) in [6.07, 6.45) is 0.606. The summed E-state index contributed by atoms with van der Waals surface area (Å²) in [5.74, 6) is -0.0730. The molecular formula is C18H19N3O2. The predicted molar refractivity (Wildman–Crippen MR) is 90.5 cm³/mol. The molecule has 2 aromatic carbocycles. The van der Waals surface area contributed by atoms with E-state index in [1.165, 1.54) is 0 Å². The van der Waals surface area contributed by atoms with Crippen LogP contribution >= 0.6 is 0 Å². The van der Waals surface area contributed by atoms with Crippen molar-refractivity contribution >= 4 is 23.3 Å². The summed E-state index contributed by atoms with van der Waals surface area (Å²) < 4.78 is 0. The largest absolute Gasteiger partial charge is 0.326 e. The Morgan fingerprint density at radius 1 is 1.09 bits per heavy atom. The van der Waals surface area contributed by atoms with Gasteiger partial charge in [0, 0.05) is 17.9 Å². The average Bonchev–Trinajstić information content (AvgIpc) is 2.91. The number of para-hydroxylation sites is 2. The predicted octanol–water partition coefficient (Wildman–Crippen LogP) is 2.92. The molecule has 118 valence electrons. The first-order valence-corrected chi connectivity index (χ1v) is 7.65. The van der Waals surface area contributed by atoms with Gasteiger partial charge in [-0.05, 0) is 37.1 Å². The molecule has 0 aromatic heterocycles. The van der Waals surface area contributed by atoms with Crippen molar-refractivity contribution < 1.29 is 9.59 Å². The zero-order valence-electron chi connectivity index (χ0n) is 13.0. The Bertz CT molecular complexity index is 715. The van der Waals surface area contributed by atoms with Gasteiger partial charge in [-0.25, -0.2) is 4.79 Å². The van der Waals surface area contributed by atoms with Gasteiger partial charge < -0.3 is 15.5 Å². The lowest BCUT2D eigenvalue weighted by atomic mass is 10.2. The zero-order valence-corrected chi connectivity index (χ0v) is 13.0. The summed E-state index contributed by atoms with van der Waals surface area (Å²) in [5.41, 5.74) is 2.59. The first kappa shape index (κ1) is 15.1. The van der Waals surface area contributed by atoms with E-state index in [2.05, 4.69) is 10.6 Å². The fraction of sp³-hybridized carbons (Fsp3) is 0.222. The van der Waals surface area contributed by atoms with Crippen molar-refractivity contribution in [3.8, 4) is 0 Å². The zero-order chi connectivity index (χ0) is 16.2.